The van der Waals surface area contributed by atoms with E-state index in [1.807, 2.05) is 30.3 Å². The first-order valence-corrected chi connectivity index (χ1v) is 13.0. The summed E-state index contributed by atoms with van der Waals surface area (Å²) in [4.78, 5) is 75.7. The first-order chi connectivity index (χ1) is 18.1. The molecule has 208 valence electrons. The molecular formula is C26H35ClN4O7. The van der Waals surface area contributed by atoms with Crippen molar-refractivity contribution >= 4 is 47.0 Å². The number of nitrogens with zero attached hydrogens (tertiary/aromatic N) is 1. The first kappa shape index (κ1) is 30.8. The highest BCUT2D eigenvalue weighted by Gasteiger charge is 2.37. The van der Waals surface area contributed by atoms with Gasteiger partial charge in [0.1, 0.15) is 18.1 Å². The smallest absolute Gasteiger partial charge is 0.306 e. The van der Waals surface area contributed by atoms with Crippen LogP contribution >= 0.6 is 11.6 Å². The number of carbonyl (C=O) groups excluding carboxylic acids is 6. The molecule has 0 aromatic heterocycles. The maximum atomic E-state index is 13.0. The summed E-state index contributed by atoms with van der Waals surface area (Å²) in [5.74, 6) is -3.15. The van der Waals surface area contributed by atoms with E-state index in [4.69, 9.17) is 11.6 Å². The molecule has 12 heteroatoms. The Kier molecular flexibility index (Phi) is 12.2. The lowest BCUT2D eigenvalue weighted by Crippen LogP contribution is -2.56. The number of benzene rings is 1. The summed E-state index contributed by atoms with van der Waals surface area (Å²) in [6.45, 7) is 3.31. The molecule has 4 atom stereocenters. The Morgan fingerprint density at radius 1 is 1.00 bits per heavy atom. The van der Waals surface area contributed by atoms with E-state index < -0.39 is 53.8 Å². The Balaban J connectivity index is 1.94. The number of likely N-dealkylation sites (tertiary alicyclic amines) is 1. The van der Waals surface area contributed by atoms with Crippen molar-refractivity contribution in [1.82, 2.24) is 20.9 Å². The van der Waals surface area contributed by atoms with Gasteiger partial charge in [-0.05, 0) is 38.7 Å². The van der Waals surface area contributed by atoms with Gasteiger partial charge in [-0.2, -0.15) is 0 Å². The largest absolute Gasteiger partial charge is 0.469 e. The van der Waals surface area contributed by atoms with Gasteiger partial charge in [0.05, 0.1) is 25.5 Å². The molecule has 4 amide bonds. The second-order valence-electron chi connectivity index (χ2n) is 9.14. The molecule has 0 saturated carbocycles. The molecular weight excluding hydrogens is 516 g/mol. The number of nitrogens with one attached hydrogen (secondary N) is 3. The minimum Gasteiger partial charge on any atom is -0.469 e. The van der Waals surface area contributed by atoms with E-state index in [0.717, 1.165) is 5.56 Å². The van der Waals surface area contributed by atoms with Gasteiger partial charge < -0.3 is 25.6 Å². The van der Waals surface area contributed by atoms with Crippen molar-refractivity contribution in [2.24, 2.45) is 0 Å². The zero-order valence-corrected chi connectivity index (χ0v) is 22.6. The van der Waals surface area contributed by atoms with Crippen molar-refractivity contribution in [2.45, 2.75) is 70.1 Å². The van der Waals surface area contributed by atoms with Gasteiger partial charge in [0.15, 0.2) is 5.78 Å². The first-order valence-electron chi connectivity index (χ1n) is 12.5. The molecule has 1 aromatic rings. The lowest BCUT2D eigenvalue weighted by molar-refractivity contribution is -0.143. The van der Waals surface area contributed by atoms with Crippen LogP contribution in [0.15, 0.2) is 30.3 Å². The molecule has 0 radical (unpaired) electrons. The molecule has 1 aromatic carbocycles. The fraction of sp³-hybridized carbons (Fsp3) is 0.538. The van der Waals surface area contributed by atoms with Crippen LogP contribution in [0.5, 0.6) is 0 Å². The van der Waals surface area contributed by atoms with Gasteiger partial charge in [-0.3, -0.25) is 28.8 Å². The van der Waals surface area contributed by atoms with Crippen LogP contribution < -0.4 is 16.0 Å². The molecule has 1 heterocycles. The Morgan fingerprint density at radius 3 is 2.32 bits per heavy atom. The molecule has 1 fully saturated rings. The molecule has 1 aliphatic heterocycles. The van der Waals surface area contributed by atoms with E-state index in [9.17, 15) is 28.8 Å². The van der Waals surface area contributed by atoms with Crippen LogP contribution in [0.1, 0.15) is 45.1 Å². The summed E-state index contributed by atoms with van der Waals surface area (Å²) in [5, 5.41) is 7.82. The Bertz CT molecular complexity index is 1020. The Hall–Kier alpha value is -3.47. The quantitative estimate of drug-likeness (QED) is 0.238. The van der Waals surface area contributed by atoms with Gasteiger partial charge in [0.25, 0.3) is 0 Å². The van der Waals surface area contributed by atoms with Crippen LogP contribution in [0, 0.1) is 0 Å². The molecule has 0 spiro atoms. The van der Waals surface area contributed by atoms with E-state index in [2.05, 4.69) is 20.7 Å². The van der Waals surface area contributed by atoms with Crippen LogP contribution in [0.4, 0.5) is 0 Å². The predicted molar refractivity (Wildman–Crippen MR) is 139 cm³/mol. The zero-order valence-electron chi connectivity index (χ0n) is 21.8. The Morgan fingerprint density at radius 2 is 1.68 bits per heavy atom. The number of Topliss-reactive ketones (excluding diaryl/α,β-unsaturated/α-hetero) is 1. The van der Waals surface area contributed by atoms with Gasteiger partial charge in [-0.15, -0.1) is 11.6 Å². The molecule has 2 rings (SSSR count). The molecule has 1 saturated heterocycles. The highest BCUT2D eigenvalue weighted by atomic mass is 35.5. The average Bonchev–Trinajstić information content (AvgIpc) is 3.41. The van der Waals surface area contributed by atoms with Gasteiger partial charge in [-0.1, -0.05) is 30.3 Å². The summed E-state index contributed by atoms with van der Waals surface area (Å²) in [5.41, 5.74) is 0.847. The van der Waals surface area contributed by atoms with Crippen LogP contribution in [0.2, 0.25) is 0 Å². The zero-order chi connectivity index (χ0) is 28.2. The predicted octanol–water partition coefficient (Wildman–Crippen LogP) is 0.475. The van der Waals surface area contributed by atoms with Gasteiger partial charge in [0.2, 0.25) is 23.6 Å². The summed E-state index contributed by atoms with van der Waals surface area (Å²) in [6.07, 6.45) is 0.999. The summed E-state index contributed by atoms with van der Waals surface area (Å²) >= 11 is 5.73. The maximum Gasteiger partial charge on any atom is 0.306 e. The average molecular weight is 551 g/mol. The maximum absolute atomic E-state index is 13.0. The number of amides is 4. The number of ketones is 1. The second-order valence-corrected chi connectivity index (χ2v) is 9.40. The van der Waals surface area contributed by atoms with Gasteiger partial charge in [-0.25, -0.2) is 0 Å². The molecule has 38 heavy (non-hydrogen) atoms. The molecule has 3 N–H and O–H groups in total. The SMILES string of the molecule is COC(=O)CCC(=O)N[C@H](C)C(=O)N1CCC[C@@H]1C(=O)N[C@@H](C)C(=O)N[C@@H](Cc1ccccc1)C(=O)CCl. The highest BCUT2D eigenvalue weighted by Crippen LogP contribution is 2.19. The lowest BCUT2D eigenvalue weighted by Gasteiger charge is -2.28. The van der Waals surface area contributed by atoms with E-state index in [1.54, 1.807) is 0 Å². The number of ether oxygens (including phenoxy) is 1. The van der Waals surface area contributed by atoms with Crippen molar-refractivity contribution in [2.75, 3.05) is 19.5 Å². The topological polar surface area (TPSA) is 151 Å². The van der Waals surface area contributed by atoms with Crippen molar-refractivity contribution < 1.29 is 33.5 Å². The normalized spacial score (nSPS) is 17.1. The van der Waals surface area contributed by atoms with E-state index >= 15 is 0 Å². The third-order valence-corrected chi connectivity index (χ3v) is 6.51. The minimum absolute atomic E-state index is 0.110. The van der Waals surface area contributed by atoms with Crippen LogP contribution in [-0.4, -0.2) is 84.0 Å². The molecule has 1 aliphatic rings. The third kappa shape index (κ3) is 9.13. The van der Waals surface area contributed by atoms with Gasteiger partial charge >= 0.3 is 5.97 Å². The monoisotopic (exact) mass is 550 g/mol. The van der Waals surface area contributed by atoms with Crippen molar-refractivity contribution in [1.29, 1.82) is 0 Å². The molecule has 0 bridgehead atoms. The standard InChI is InChI=1S/C26H35ClN4O7/c1-16(24(35)30-19(21(32)15-27)14-18-8-5-4-6-9-18)29-25(36)20-10-7-13-31(20)26(37)17(2)28-22(33)11-12-23(34)38-3/h4-6,8-9,16-17,19-20H,7,10-15H2,1-3H3,(H,28,33)(H,29,36)(H,30,35)/t16-,17+,19-,20+/m0/s1. The Labute approximate surface area is 227 Å². The van der Waals surface area contributed by atoms with E-state index in [-0.39, 0.29) is 30.9 Å². The number of hydrogen-bond acceptors (Lipinski definition) is 7. The summed E-state index contributed by atoms with van der Waals surface area (Å²) in [6, 6.07) is 5.62. The number of carbonyl (C=O) groups is 6. The lowest BCUT2D eigenvalue weighted by atomic mass is 10.0. The van der Waals surface area contributed by atoms with Crippen LogP contribution in [-0.2, 0) is 39.9 Å². The fourth-order valence-corrected chi connectivity index (χ4v) is 4.29. The number of rotatable bonds is 13. The van der Waals surface area contributed by atoms with E-state index in [1.165, 1.54) is 25.9 Å². The number of alkyl halides is 1. The van der Waals surface area contributed by atoms with Crippen molar-refractivity contribution in [3.8, 4) is 0 Å². The van der Waals surface area contributed by atoms with Crippen molar-refractivity contribution in [3.05, 3.63) is 35.9 Å². The van der Waals surface area contributed by atoms with E-state index in [0.29, 0.717) is 19.4 Å². The highest BCUT2D eigenvalue weighted by molar-refractivity contribution is 6.28. The number of hydrogen-bond donors (Lipinski definition) is 3. The second kappa shape index (κ2) is 15.1. The number of esters is 1. The molecule has 0 aliphatic carbocycles. The fourth-order valence-electron chi connectivity index (χ4n) is 4.10. The van der Waals surface area contributed by atoms with Crippen LogP contribution in [0.25, 0.3) is 0 Å². The summed E-state index contributed by atoms with van der Waals surface area (Å²) in [7, 11) is 1.22. The summed E-state index contributed by atoms with van der Waals surface area (Å²) < 4.78 is 4.50. The number of halogens is 1. The molecule has 0 unspecified atom stereocenters. The number of methoxy groups -OCH3 is 1. The third-order valence-electron chi connectivity index (χ3n) is 6.24. The minimum atomic E-state index is -0.975. The van der Waals surface area contributed by atoms with Gasteiger partial charge in [0, 0.05) is 13.0 Å². The molecule has 11 nitrogen and oxygen atoms in total. The van der Waals surface area contributed by atoms with Crippen LogP contribution in [0.3, 0.4) is 0 Å². The van der Waals surface area contributed by atoms with Crippen molar-refractivity contribution in [3.63, 3.8) is 0 Å².